The maximum absolute atomic E-state index is 12.2. The van der Waals surface area contributed by atoms with E-state index in [0.717, 1.165) is 11.1 Å². The number of aryl methyl sites for hydroxylation is 1. The van der Waals surface area contributed by atoms with Gasteiger partial charge in [-0.1, -0.05) is 60.2 Å². The van der Waals surface area contributed by atoms with Crippen LogP contribution in [0.5, 0.6) is 0 Å². The van der Waals surface area contributed by atoms with E-state index in [1.165, 1.54) is 16.9 Å². The summed E-state index contributed by atoms with van der Waals surface area (Å²) in [6, 6.07) is 19.3. The van der Waals surface area contributed by atoms with Gasteiger partial charge in [-0.05, 0) is 29.5 Å². The first-order chi connectivity index (χ1) is 11.1. The van der Waals surface area contributed by atoms with E-state index in [2.05, 4.69) is 31.2 Å². The van der Waals surface area contributed by atoms with E-state index in [4.69, 9.17) is 0 Å². The number of carbonyl (C=O) groups is 2. The largest absolute Gasteiger partial charge is 0.294 e. The molecule has 3 aromatic rings. The molecule has 114 valence electrons. The number of hydrogen-bond acceptors (Lipinski definition) is 3. The second kappa shape index (κ2) is 6.71. The van der Waals surface area contributed by atoms with Crippen LogP contribution in [0.15, 0.2) is 66.0 Å². The summed E-state index contributed by atoms with van der Waals surface area (Å²) in [4.78, 5) is 24.9. The molecule has 23 heavy (non-hydrogen) atoms. The van der Waals surface area contributed by atoms with Crippen LogP contribution in [0.1, 0.15) is 32.0 Å². The Balaban J connectivity index is 1.72. The van der Waals surface area contributed by atoms with Gasteiger partial charge in [0.15, 0.2) is 11.6 Å². The molecule has 0 spiro atoms. The summed E-state index contributed by atoms with van der Waals surface area (Å²) in [6.45, 7) is 2.05. The molecule has 0 aliphatic carbocycles. The van der Waals surface area contributed by atoms with Crippen molar-refractivity contribution in [3.8, 4) is 11.1 Å². The van der Waals surface area contributed by atoms with E-state index >= 15 is 0 Å². The highest BCUT2D eigenvalue weighted by Crippen LogP contribution is 2.21. The van der Waals surface area contributed by atoms with Crippen molar-refractivity contribution < 1.29 is 9.59 Å². The van der Waals surface area contributed by atoms with Gasteiger partial charge in [-0.2, -0.15) is 0 Å². The smallest absolute Gasteiger partial charge is 0.180 e. The predicted molar refractivity (Wildman–Crippen MR) is 94.2 cm³/mol. The monoisotopic (exact) mass is 320 g/mol. The van der Waals surface area contributed by atoms with Crippen LogP contribution in [0.2, 0.25) is 0 Å². The zero-order valence-electron chi connectivity index (χ0n) is 12.8. The molecular formula is C20H16O2S. The van der Waals surface area contributed by atoms with Crippen LogP contribution in [0.25, 0.3) is 11.1 Å². The average molecular weight is 320 g/mol. The fourth-order valence-corrected chi connectivity index (χ4v) is 3.03. The predicted octanol–water partition coefficient (Wildman–Crippen LogP) is 5.18. The lowest BCUT2D eigenvalue weighted by Gasteiger charge is -2.04. The fraction of sp³-hybridized carbons (Fsp3) is 0.100. The van der Waals surface area contributed by atoms with Crippen LogP contribution < -0.4 is 0 Å². The summed E-state index contributed by atoms with van der Waals surface area (Å²) in [5, 5.41) is 1.84. The summed E-state index contributed by atoms with van der Waals surface area (Å²) in [5.41, 5.74) is 3.97. The summed E-state index contributed by atoms with van der Waals surface area (Å²) in [5.74, 6) is -0.258. The van der Waals surface area contributed by atoms with Crippen LogP contribution in [-0.2, 0) is 0 Å². The molecule has 0 bridgehead atoms. The first kappa shape index (κ1) is 15.4. The molecule has 3 rings (SSSR count). The third-order valence-corrected chi connectivity index (χ3v) is 4.62. The van der Waals surface area contributed by atoms with Gasteiger partial charge in [0.25, 0.3) is 0 Å². The summed E-state index contributed by atoms with van der Waals surface area (Å²) in [7, 11) is 0. The molecular weight excluding hydrogens is 304 g/mol. The SMILES string of the molecule is Cc1ccc(-c2ccc(C(=O)CC(=O)c3cccs3)cc2)cc1. The van der Waals surface area contributed by atoms with Crippen LogP contribution in [0, 0.1) is 6.92 Å². The topological polar surface area (TPSA) is 34.1 Å². The maximum Gasteiger partial charge on any atom is 0.180 e. The van der Waals surface area contributed by atoms with Crippen LogP contribution in [0.3, 0.4) is 0 Å². The van der Waals surface area contributed by atoms with Crippen molar-refractivity contribution in [1.82, 2.24) is 0 Å². The second-order valence-electron chi connectivity index (χ2n) is 5.44. The van der Waals surface area contributed by atoms with Crippen molar-refractivity contribution in [2.45, 2.75) is 13.3 Å². The van der Waals surface area contributed by atoms with E-state index in [-0.39, 0.29) is 18.0 Å². The number of benzene rings is 2. The van der Waals surface area contributed by atoms with E-state index < -0.39 is 0 Å². The molecule has 0 aliphatic rings. The van der Waals surface area contributed by atoms with Gasteiger partial charge in [0.2, 0.25) is 0 Å². The molecule has 0 unspecified atom stereocenters. The molecule has 3 heteroatoms. The number of ketones is 2. The minimum atomic E-state index is -0.140. The molecule has 0 radical (unpaired) electrons. The normalized spacial score (nSPS) is 10.5. The first-order valence-electron chi connectivity index (χ1n) is 7.40. The van der Waals surface area contributed by atoms with Gasteiger partial charge in [-0.3, -0.25) is 9.59 Å². The minimum Gasteiger partial charge on any atom is -0.294 e. The second-order valence-corrected chi connectivity index (χ2v) is 6.39. The lowest BCUT2D eigenvalue weighted by atomic mass is 10.00. The maximum atomic E-state index is 12.2. The summed E-state index contributed by atoms with van der Waals surface area (Å²) < 4.78 is 0. The van der Waals surface area contributed by atoms with Crippen molar-refractivity contribution in [3.63, 3.8) is 0 Å². The third kappa shape index (κ3) is 3.63. The Morgan fingerprint density at radius 2 is 1.43 bits per heavy atom. The first-order valence-corrected chi connectivity index (χ1v) is 8.28. The van der Waals surface area contributed by atoms with Gasteiger partial charge < -0.3 is 0 Å². The van der Waals surface area contributed by atoms with Crippen LogP contribution >= 0.6 is 11.3 Å². The van der Waals surface area contributed by atoms with Crippen molar-refractivity contribution >= 4 is 22.9 Å². The number of carbonyl (C=O) groups excluding carboxylic acids is 2. The van der Waals surface area contributed by atoms with E-state index in [1.807, 2.05) is 23.6 Å². The van der Waals surface area contributed by atoms with Gasteiger partial charge in [0, 0.05) is 5.56 Å². The zero-order chi connectivity index (χ0) is 16.2. The Kier molecular flexibility index (Phi) is 4.49. The third-order valence-electron chi connectivity index (χ3n) is 3.71. The Morgan fingerprint density at radius 1 is 0.826 bits per heavy atom. The lowest BCUT2D eigenvalue weighted by molar-refractivity contribution is 0.0896. The summed E-state index contributed by atoms with van der Waals surface area (Å²) in [6.07, 6.45) is -0.0790. The van der Waals surface area contributed by atoms with Gasteiger partial charge >= 0.3 is 0 Å². The fourth-order valence-electron chi connectivity index (χ4n) is 2.37. The van der Waals surface area contributed by atoms with Crippen LogP contribution in [0.4, 0.5) is 0 Å². The highest BCUT2D eigenvalue weighted by atomic mass is 32.1. The zero-order valence-corrected chi connectivity index (χ0v) is 13.6. The Bertz CT molecular complexity index is 813. The molecule has 2 aromatic carbocycles. The highest BCUT2D eigenvalue weighted by molar-refractivity contribution is 7.12. The van der Waals surface area contributed by atoms with Crippen molar-refractivity contribution in [2.75, 3.05) is 0 Å². The molecule has 1 aromatic heterocycles. The van der Waals surface area contributed by atoms with Crippen molar-refractivity contribution in [1.29, 1.82) is 0 Å². The molecule has 0 saturated carbocycles. The molecule has 0 amide bonds. The molecule has 0 aliphatic heterocycles. The molecule has 2 nitrogen and oxygen atoms in total. The highest BCUT2D eigenvalue weighted by Gasteiger charge is 2.14. The van der Waals surface area contributed by atoms with Gasteiger partial charge in [0.1, 0.15) is 0 Å². The number of thiophene rings is 1. The van der Waals surface area contributed by atoms with Gasteiger partial charge in [-0.15, -0.1) is 11.3 Å². The summed E-state index contributed by atoms with van der Waals surface area (Å²) >= 11 is 1.37. The molecule has 0 saturated heterocycles. The van der Waals surface area contributed by atoms with E-state index in [9.17, 15) is 9.59 Å². The quantitative estimate of drug-likeness (QED) is 0.479. The Hall–Kier alpha value is -2.52. The molecule has 1 heterocycles. The average Bonchev–Trinajstić information content (AvgIpc) is 3.10. The molecule has 0 fully saturated rings. The van der Waals surface area contributed by atoms with E-state index in [0.29, 0.717) is 10.4 Å². The molecule has 0 atom stereocenters. The molecule has 0 N–H and O–H groups in total. The van der Waals surface area contributed by atoms with Gasteiger partial charge in [0.05, 0.1) is 11.3 Å². The number of hydrogen-bond donors (Lipinski definition) is 0. The number of Topliss-reactive ketones (excluding diaryl/α,β-unsaturated/α-hetero) is 2. The standard InChI is InChI=1S/C20H16O2S/c1-14-4-6-15(7-5-14)16-8-10-17(11-9-16)18(21)13-19(22)20-3-2-12-23-20/h2-12H,13H2,1H3. The van der Waals surface area contributed by atoms with Gasteiger partial charge in [-0.25, -0.2) is 0 Å². The van der Waals surface area contributed by atoms with Crippen molar-refractivity contribution in [2.24, 2.45) is 0 Å². The van der Waals surface area contributed by atoms with Crippen molar-refractivity contribution in [3.05, 3.63) is 82.0 Å². The Labute approximate surface area is 139 Å². The minimum absolute atomic E-state index is 0.0790. The van der Waals surface area contributed by atoms with E-state index in [1.54, 1.807) is 18.2 Å². The van der Waals surface area contributed by atoms with Crippen LogP contribution in [-0.4, -0.2) is 11.6 Å². The Morgan fingerprint density at radius 3 is 2.00 bits per heavy atom. The number of rotatable bonds is 5. The lowest BCUT2D eigenvalue weighted by Crippen LogP contribution is -2.07.